The van der Waals surface area contributed by atoms with Gasteiger partial charge in [0.2, 0.25) is 0 Å². The van der Waals surface area contributed by atoms with E-state index in [9.17, 15) is 9.18 Å². The van der Waals surface area contributed by atoms with Crippen molar-refractivity contribution in [3.8, 4) is 11.5 Å². The number of methoxy groups -OCH3 is 1. The maximum Gasteiger partial charge on any atom is 0.255 e. The largest absolute Gasteiger partial charge is 0.497 e. The Bertz CT molecular complexity index is 1060. The van der Waals surface area contributed by atoms with E-state index in [1.165, 1.54) is 25.4 Å². The van der Waals surface area contributed by atoms with Gasteiger partial charge in [-0.15, -0.1) is 0 Å². The Morgan fingerprint density at radius 3 is 2.96 bits per heavy atom. The highest BCUT2D eigenvalue weighted by Crippen LogP contribution is 2.38. The van der Waals surface area contributed by atoms with Gasteiger partial charge in [0.15, 0.2) is 17.8 Å². The second-order valence-electron chi connectivity index (χ2n) is 6.07. The van der Waals surface area contributed by atoms with Crippen LogP contribution in [0, 0.1) is 5.82 Å². The monoisotopic (exact) mass is 399 g/mol. The lowest BCUT2D eigenvalue weighted by Gasteiger charge is -2.14. The number of hydrogen-bond acceptors (Lipinski definition) is 5. The second-order valence-corrected chi connectivity index (χ2v) is 6.50. The highest BCUT2D eigenvalue weighted by Gasteiger charge is 2.25. The summed E-state index contributed by atoms with van der Waals surface area (Å²) in [5, 5.41) is 6.11. The molecule has 2 aromatic carbocycles. The smallest absolute Gasteiger partial charge is 0.255 e. The Morgan fingerprint density at radius 2 is 2.14 bits per heavy atom. The first-order valence-electron chi connectivity index (χ1n) is 8.37. The summed E-state index contributed by atoms with van der Waals surface area (Å²) >= 11 is 5.92. The van der Waals surface area contributed by atoms with Crippen LogP contribution in [-0.4, -0.2) is 18.0 Å². The van der Waals surface area contributed by atoms with E-state index in [1.807, 2.05) is 0 Å². The number of benzene rings is 2. The van der Waals surface area contributed by atoms with Crippen molar-refractivity contribution in [2.75, 3.05) is 17.7 Å². The molecule has 0 fully saturated rings. The fraction of sp³-hybridized carbons (Fsp3) is 0.100. The van der Waals surface area contributed by atoms with Gasteiger partial charge in [0.25, 0.3) is 5.91 Å². The lowest BCUT2D eigenvalue weighted by Crippen LogP contribution is -2.15. The van der Waals surface area contributed by atoms with Crippen LogP contribution in [0.2, 0.25) is 5.02 Å². The van der Waals surface area contributed by atoms with Crippen molar-refractivity contribution in [1.82, 2.24) is 4.98 Å². The number of rotatable bonds is 4. The Hall–Kier alpha value is -3.32. The molecule has 1 aliphatic heterocycles. The van der Waals surface area contributed by atoms with Gasteiger partial charge in [0, 0.05) is 23.4 Å². The summed E-state index contributed by atoms with van der Waals surface area (Å²) in [6, 6.07) is 12.6. The van der Waals surface area contributed by atoms with E-state index in [0.717, 1.165) is 0 Å². The number of pyridine rings is 1. The summed E-state index contributed by atoms with van der Waals surface area (Å²) in [5.41, 5.74) is 1.01. The lowest BCUT2D eigenvalue weighted by molar-refractivity contribution is 0.102. The van der Waals surface area contributed by atoms with E-state index in [1.54, 1.807) is 36.4 Å². The van der Waals surface area contributed by atoms with Crippen LogP contribution in [0.3, 0.4) is 0 Å². The highest BCUT2D eigenvalue weighted by atomic mass is 35.5. The molecule has 0 aliphatic carbocycles. The van der Waals surface area contributed by atoms with Crippen molar-refractivity contribution in [2.24, 2.45) is 0 Å². The van der Waals surface area contributed by atoms with E-state index in [4.69, 9.17) is 21.1 Å². The molecule has 1 atom stereocenters. The molecule has 1 amide bonds. The molecule has 6 nitrogen and oxygen atoms in total. The molecule has 2 N–H and O–H groups in total. The molecule has 1 aromatic heterocycles. The summed E-state index contributed by atoms with van der Waals surface area (Å²) in [6.45, 7) is 0. The Kier molecular flexibility index (Phi) is 4.75. The number of aromatic nitrogens is 1. The first-order valence-corrected chi connectivity index (χ1v) is 8.75. The minimum Gasteiger partial charge on any atom is -0.497 e. The summed E-state index contributed by atoms with van der Waals surface area (Å²) < 4.78 is 25.2. The number of nitrogens with one attached hydrogen (secondary N) is 2. The zero-order valence-corrected chi connectivity index (χ0v) is 15.5. The predicted molar refractivity (Wildman–Crippen MR) is 104 cm³/mol. The number of carbonyl (C=O) groups is 1. The summed E-state index contributed by atoms with van der Waals surface area (Å²) in [5.74, 6) is 0.572. The SMILES string of the molecule is COc1cccc(C(=O)Nc2cc(C3Nc4ncc(Cl)cc4O3)ccc2F)c1. The summed E-state index contributed by atoms with van der Waals surface area (Å²) in [4.78, 5) is 16.6. The first kappa shape index (κ1) is 18.1. The van der Waals surface area contributed by atoms with Crippen LogP contribution in [0.5, 0.6) is 11.5 Å². The van der Waals surface area contributed by atoms with Gasteiger partial charge in [0.1, 0.15) is 11.6 Å². The Morgan fingerprint density at radius 1 is 1.29 bits per heavy atom. The lowest BCUT2D eigenvalue weighted by atomic mass is 10.1. The number of nitrogens with zero attached hydrogens (tertiary/aromatic N) is 1. The molecule has 0 saturated carbocycles. The average molecular weight is 400 g/mol. The van der Waals surface area contributed by atoms with Crippen molar-refractivity contribution in [3.63, 3.8) is 0 Å². The summed E-state index contributed by atoms with van der Waals surface area (Å²) in [7, 11) is 1.51. The molecule has 8 heteroatoms. The zero-order valence-electron chi connectivity index (χ0n) is 14.7. The van der Waals surface area contributed by atoms with Gasteiger partial charge in [-0.05, 0) is 30.3 Å². The minimum atomic E-state index is -0.575. The first-order chi connectivity index (χ1) is 13.5. The van der Waals surface area contributed by atoms with Crippen LogP contribution in [-0.2, 0) is 0 Å². The molecule has 2 heterocycles. The van der Waals surface area contributed by atoms with E-state index in [2.05, 4.69) is 15.6 Å². The number of amides is 1. The third-order valence-electron chi connectivity index (χ3n) is 4.21. The molecule has 0 bridgehead atoms. The molecule has 0 saturated heterocycles. The number of hydrogen-bond donors (Lipinski definition) is 2. The molecule has 0 spiro atoms. The van der Waals surface area contributed by atoms with Crippen LogP contribution >= 0.6 is 11.6 Å². The van der Waals surface area contributed by atoms with E-state index in [0.29, 0.717) is 33.5 Å². The van der Waals surface area contributed by atoms with Gasteiger partial charge in [-0.1, -0.05) is 23.7 Å². The van der Waals surface area contributed by atoms with Crippen molar-refractivity contribution in [3.05, 3.63) is 76.7 Å². The predicted octanol–water partition coefficient (Wildman–Crippen LogP) is 4.64. The molecular formula is C20H15ClFN3O3. The number of ether oxygens (including phenoxy) is 2. The number of halogens is 2. The van der Waals surface area contributed by atoms with E-state index >= 15 is 0 Å². The average Bonchev–Trinajstić information content (AvgIpc) is 3.12. The topological polar surface area (TPSA) is 72.5 Å². The number of carbonyl (C=O) groups excluding carboxylic acids is 1. The number of anilines is 2. The molecule has 1 aliphatic rings. The van der Waals surface area contributed by atoms with Gasteiger partial charge < -0.3 is 20.1 Å². The van der Waals surface area contributed by atoms with E-state index in [-0.39, 0.29) is 5.69 Å². The van der Waals surface area contributed by atoms with Crippen LogP contribution in [0.1, 0.15) is 22.1 Å². The quantitative estimate of drug-likeness (QED) is 0.668. The van der Waals surface area contributed by atoms with Crippen LogP contribution in [0.25, 0.3) is 0 Å². The molecule has 142 valence electrons. The Balaban J connectivity index is 1.55. The van der Waals surface area contributed by atoms with Crippen LogP contribution in [0.4, 0.5) is 15.9 Å². The molecule has 0 radical (unpaired) electrons. The normalized spacial score (nSPS) is 14.6. The maximum atomic E-state index is 14.3. The van der Waals surface area contributed by atoms with E-state index < -0.39 is 18.0 Å². The molecule has 3 aromatic rings. The van der Waals surface area contributed by atoms with Gasteiger partial charge in [-0.25, -0.2) is 9.37 Å². The fourth-order valence-corrected chi connectivity index (χ4v) is 2.96. The molecule has 28 heavy (non-hydrogen) atoms. The molecule has 4 rings (SSSR count). The molecule has 1 unspecified atom stereocenters. The number of fused-ring (bicyclic) bond motifs is 1. The zero-order chi connectivity index (χ0) is 19.7. The fourth-order valence-electron chi connectivity index (χ4n) is 2.81. The maximum absolute atomic E-state index is 14.3. The van der Waals surface area contributed by atoms with Crippen molar-refractivity contribution in [1.29, 1.82) is 0 Å². The van der Waals surface area contributed by atoms with Crippen molar-refractivity contribution >= 4 is 29.0 Å². The third kappa shape index (κ3) is 3.57. The summed E-state index contributed by atoms with van der Waals surface area (Å²) in [6.07, 6.45) is 0.929. The van der Waals surface area contributed by atoms with Gasteiger partial charge in [0.05, 0.1) is 17.8 Å². The second kappa shape index (κ2) is 7.36. The van der Waals surface area contributed by atoms with Crippen LogP contribution < -0.4 is 20.1 Å². The van der Waals surface area contributed by atoms with Gasteiger partial charge in [-0.2, -0.15) is 0 Å². The minimum absolute atomic E-state index is 0.0395. The third-order valence-corrected chi connectivity index (χ3v) is 4.41. The van der Waals surface area contributed by atoms with Crippen LogP contribution in [0.15, 0.2) is 54.7 Å². The van der Waals surface area contributed by atoms with Gasteiger partial charge in [-0.3, -0.25) is 4.79 Å². The Labute approximate surface area is 165 Å². The standard InChI is InChI=1S/C20H15ClFN3O3/c1-27-14-4-2-3-11(7-14)19(26)24-16-8-12(5-6-15(16)22)20-25-18-17(28-20)9-13(21)10-23-18/h2-10,20H,1H3,(H,23,25)(H,24,26). The van der Waals surface area contributed by atoms with Crippen molar-refractivity contribution in [2.45, 2.75) is 6.23 Å². The molecular weight excluding hydrogens is 385 g/mol. The van der Waals surface area contributed by atoms with Crippen molar-refractivity contribution < 1.29 is 18.7 Å². The van der Waals surface area contributed by atoms with Gasteiger partial charge >= 0.3 is 0 Å². The highest BCUT2D eigenvalue weighted by molar-refractivity contribution is 6.30.